The van der Waals surface area contributed by atoms with E-state index in [4.69, 9.17) is 9.47 Å². The molecule has 0 spiro atoms. The Morgan fingerprint density at radius 1 is 0.938 bits per heavy atom. The molecule has 7 heteroatoms. The number of anilines is 1. The Morgan fingerprint density at radius 2 is 1.59 bits per heavy atom. The van der Waals surface area contributed by atoms with Gasteiger partial charge in [-0.3, -0.25) is 9.59 Å². The molecular weight excluding hydrogens is 406 g/mol. The summed E-state index contributed by atoms with van der Waals surface area (Å²) in [7, 11) is 1.62. The van der Waals surface area contributed by atoms with E-state index >= 15 is 0 Å². The summed E-state index contributed by atoms with van der Waals surface area (Å²) in [5, 5.41) is 2.81. The fraction of sp³-hybridized carbons (Fsp3) is 0.280. The van der Waals surface area contributed by atoms with Gasteiger partial charge in [0.1, 0.15) is 0 Å². The van der Waals surface area contributed by atoms with Crippen LogP contribution in [0, 0.1) is 0 Å². The van der Waals surface area contributed by atoms with E-state index in [9.17, 15) is 9.59 Å². The molecule has 0 fully saturated rings. The largest absolute Gasteiger partial charge is 0.490 e. The summed E-state index contributed by atoms with van der Waals surface area (Å²) in [6, 6.07) is 16.9. The van der Waals surface area contributed by atoms with Crippen molar-refractivity contribution in [3.05, 3.63) is 72.6 Å². The lowest BCUT2D eigenvalue weighted by atomic mass is 10.1. The van der Waals surface area contributed by atoms with Gasteiger partial charge in [-0.05, 0) is 55.8 Å². The van der Waals surface area contributed by atoms with E-state index in [0.29, 0.717) is 30.4 Å². The van der Waals surface area contributed by atoms with Crippen molar-refractivity contribution in [2.75, 3.05) is 32.1 Å². The third kappa shape index (κ3) is 6.14. The van der Waals surface area contributed by atoms with E-state index < -0.39 is 0 Å². The molecule has 1 heterocycles. The lowest BCUT2D eigenvalue weighted by molar-refractivity contribution is -0.132. The quantitative estimate of drug-likeness (QED) is 0.524. The summed E-state index contributed by atoms with van der Waals surface area (Å²) in [4.78, 5) is 26.5. The molecule has 7 nitrogen and oxygen atoms in total. The SMILES string of the molecule is CCOc1ccc(NC(=O)CN(C)C(=O)Cc2ccc(-n3cccc3)cc2)cc1OCC. The van der Waals surface area contributed by atoms with Gasteiger partial charge in [0.25, 0.3) is 0 Å². The number of hydrogen-bond acceptors (Lipinski definition) is 4. The number of rotatable bonds is 10. The molecule has 0 aliphatic rings. The van der Waals surface area contributed by atoms with Crippen molar-refractivity contribution in [3.8, 4) is 17.2 Å². The van der Waals surface area contributed by atoms with Crippen LogP contribution in [0.1, 0.15) is 19.4 Å². The zero-order valence-electron chi connectivity index (χ0n) is 18.7. The summed E-state index contributed by atoms with van der Waals surface area (Å²) in [5.41, 5.74) is 2.51. The van der Waals surface area contributed by atoms with Crippen LogP contribution in [0.4, 0.5) is 5.69 Å². The molecule has 0 bridgehead atoms. The Labute approximate surface area is 188 Å². The predicted octanol–water partition coefficient (Wildman–Crippen LogP) is 3.91. The summed E-state index contributed by atoms with van der Waals surface area (Å²) in [6.45, 7) is 4.75. The lowest BCUT2D eigenvalue weighted by Gasteiger charge is -2.18. The Kier molecular flexibility index (Phi) is 7.91. The summed E-state index contributed by atoms with van der Waals surface area (Å²) < 4.78 is 13.1. The van der Waals surface area contributed by atoms with Gasteiger partial charge in [-0.1, -0.05) is 12.1 Å². The second kappa shape index (κ2) is 11.0. The Bertz CT molecular complexity index is 1030. The van der Waals surface area contributed by atoms with Crippen molar-refractivity contribution < 1.29 is 19.1 Å². The van der Waals surface area contributed by atoms with Gasteiger partial charge in [-0.15, -0.1) is 0 Å². The van der Waals surface area contributed by atoms with Crippen LogP contribution >= 0.6 is 0 Å². The van der Waals surface area contributed by atoms with E-state index in [1.807, 2.05) is 67.2 Å². The minimum atomic E-state index is -0.282. The van der Waals surface area contributed by atoms with Crippen LogP contribution in [0.2, 0.25) is 0 Å². The van der Waals surface area contributed by atoms with Crippen LogP contribution in [0.5, 0.6) is 11.5 Å². The molecule has 1 N–H and O–H groups in total. The van der Waals surface area contributed by atoms with Gasteiger partial charge < -0.3 is 24.3 Å². The first-order valence-corrected chi connectivity index (χ1v) is 10.7. The Balaban J connectivity index is 1.54. The molecule has 2 aromatic carbocycles. The van der Waals surface area contributed by atoms with Crippen molar-refractivity contribution in [2.45, 2.75) is 20.3 Å². The van der Waals surface area contributed by atoms with Gasteiger partial charge in [0.05, 0.1) is 26.2 Å². The van der Waals surface area contributed by atoms with Crippen LogP contribution in [-0.2, 0) is 16.0 Å². The molecule has 3 rings (SSSR count). The maximum absolute atomic E-state index is 12.6. The molecule has 0 saturated carbocycles. The monoisotopic (exact) mass is 435 g/mol. The molecule has 0 aliphatic carbocycles. The second-order valence-corrected chi connectivity index (χ2v) is 7.26. The van der Waals surface area contributed by atoms with Crippen molar-refractivity contribution in [2.24, 2.45) is 0 Å². The molecule has 0 radical (unpaired) electrons. The fourth-order valence-corrected chi connectivity index (χ4v) is 3.24. The third-order valence-corrected chi connectivity index (χ3v) is 4.83. The standard InChI is InChI=1S/C25H29N3O4/c1-4-31-22-13-10-20(17-23(22)32-5-2)26-24(29)18-27(3)25(30)16-19-8-11-21(12-9-19)28-14-6-7-15-28/h6-15,17H,4-5,16,18H2,1-3H3,(H,26,29). The first-order chi connectivity index (χ1) is 15.5. The van der Waals surface area contributed by atoms with Crippen LogP contribution in [0.15, 0.2) is 67.0 Å². The van der Waals surface area contributed by atoms with Crippen molar-refractivity contribution in [1.29, 1.82) is 0 Å². The van der Waals surface area contributed by atoms with Gasteiger partial charge in [0.2, 0.25) is 11.8 Å². The predicted molar refractivity (Wildman–Crippen MR) is 125 cm³/mol. The third-order valence-electron chi connectivity index (χ3n) is 4.83. The highest BCUT2D eigenvalue weighted by molar-refractivity contribution is 5.95. The highest BCUT2D eigenvalue weighted by atomic mass is 16.5. The first-order valence-electron chi connectivity index (χ1n) is 10.7. The van der Waals surface area contributed by atoms with Gasteiger partial charge in [-0.2, -0.15) is 0 Å². The molecular formula is C25H29N3O4. The number of likely N-dealkylation sites (N-methyl/N-ethyl adjacent to an activating group) is 1. The zero-order chi connectivity index (χ0) is 22.9. The number of nitrogens with one attached hydrogen (secondary N) is 1. The molecule has 32 heavy (non-hydrogen) atoms. The molecule has 3 aromatic rings. The molecule has 1 aromatic heterocycles. The number of hydrogen-bond donors (Lipinski definition) is 1. The molecule has 0 saturated heterocycles. The number of ether oxygens (including phenoxy) is 2. The van der Waals surface area contributed by atoms with Crippen molar-refractivity contribution in [3.63, 3.8) is 0 Å². The first kappa shape index (κ1) is 22.9. The molecule has 0 atom stereocenters. The van der Waals surface area contributed by atoms with Crippen molar-refractivity contribution >= 4 is 17.5 Å². The van der Waals surface area contributed by atoms with E-state index in [2.05, 4.69) is 5.32 Å². The highest BCUT2D eigenvalue weighted by Crippen LogP contribution is 2.30. The molecule has 2 amide bonds. The summed E-state index contributed by atoms with van der Waals surface area (Å²) in [5.74, 6) is 0.786. The number of amides is 2. The van der Waals surface area contributed by atoms with E-state index in [1.54, 1.807) is 25.2 Å². The van der Waals surface area contributed by atoms with Gasteiger partial charge in [-0.25, -0.2) is 0 Å². The summed E-state index contributed by atoms with van der Waals surface area (Å²) in [6.07, 6.45) is 4.16. The summed E-state index contributed by atoms with van der Waals surface area (Å²) >= 11 is 0. The van der Waals surface area contributed by atoms with Gasteiger partial charge in [0, 0.05) is 36.9 Å². The van der Waals surface area contributed by atoms with E-state index in [0.717, 1.165) is 11.3 Å². The highest BCUT2D eigenvalue weighted by Gasteiger charge is 2.15. The molecule has 168 valence electrons. The lowest BCUT2D eigenvalue weighted by Crippen LogP contribution is -2.35. The fourth-order valence-electron chi connectivity index (χ4n) is 3.24. The van der Waals surface area contributed by atoms with Gasteiger partial charge in [0.15, 0.2) is 11.5 Å². The molecule has 0 unspecified atom stereocenters. The van der Waals surface area contributed by atoms with Crippen LogP contribution < -0.4 is 14.8 Å². The average Bonchev–Trinajstić information content (AvgIpc) is 3.31. The topological polar surface area (TPSA) is 72.8 Å². The minimum absolute atomic E-state index is 0.0442. The van der Waals surface area contributed by atoms with Gasteiger partial charge >= 0.3 is 0 Å². The van der Waals surface area contributed by atoms with E-state index in [1.165, 1.54) is 4.90 Å². The number of aromatic nitrogens is 1. The van der Waals surface area contributed by atoms with Crippen LogP contribution in [0.25, 0.3) is 5.69 Å². The number of carbonyl (C=O) groups excluding carboxylic acids is 2. The Hall–Kier alpha value is -3.74. The molecule has 0 aliphatic heterocycles. The van der Waals surface area contributed by atoms with Crippen LogP contribution in [0.3, 0.4) is 0 Å². The van der Waals surface area contributed by atoms with Crippen LogP contribution in [-0.4, -0.2) is 48.1 Å². The average molecular weight is 436 g/mol. The minimum Gasteiger partial charge on any atom is -0.490 e. The number of nitrogens with zero attached hydrogens (tertiary/aromatic N) is 2. The normalized spacial score (nSPS) is 10.5. The zero-order valence-corrected chi connectivity index (χ0v) is 18.7. The smallest absolute Gasteiger partial charge is 0.243 e. The van der Waals surface area contributed by atoms with Crippen molar-refractivity contribution in [1.82, 2.24) is 9.47 Å². The maximum Gasteiger partial charge on any atom is 0.243 e. The maximum atomic E-state index is 12.6. The number of benzene rings is 2. The second-order valence-electron chi connectivity index (χ2n) is 7.26. The Morgan fingerprint density at radius 3 is 2.25 bits per heavy atom. The number of carbonyl (C=O) groups is 2. The van der Waals surface area contributed by atoms with E-state index in [-0.39, 0.29) is 24.8 Å².